The van der Waals surface area contributed by atoms with E-state index in [1.165, 1.54) is 25.1 Å². The SMILES string of the molecule is CC(C)(C)[S@@](=O)N[C@@](C)(CC(=O)O)c1cc(Br)ccc1F. The van der Waals surface area contributed by atoms with Crippen molar-refractivity contribution in [3.05, 3.63) is 34.1 Å². The van der Waals surface area contributed by atoms with Gasteiger partial charge in [-0.05, 0) is 45.9 Å². The maximum atomic E-state index is 14.1. The molecule has 0 bridgehead atoms. The molecule has 0 radical (unpaired) electrons. The minimum absolute atomic E-state index is 0.164. The van der Waals surface area contributed by atoms with Crippen LogP contribution in [-0.2, 0) is 21.3 Å². The van der Waals surface area contributed by atoms with E-state index in [2.05, 4.69) is 20.7 Å². The van der Waals surface area contributed by atoms with Crippen molar-refractivity contribution < 1.29 is 18.5 Å². The topological polar surface area (TPSA) is 66.4 Å². The minimum Gasteiger partial charge on any atom is -0.481 e. The van der Waals surface area contributed by atoms with Crippen molar-refractivity contribution in [2.24, 2.45) is 0 Å². The number of carbonyl (C=O) groups is 1. The van der Waals surface area contributed by atoms with Crippen molar-refractivity contribution >= 4 is 32.9 Å². The average molecular weight is 380 g/mol. The smallest absolute Gasteiger partial charge is 0.305 e. The molecular formula is C14H19BrFNO3S. The van der Waals surface area contributed by atoms with Gasteiger partial charge in [0.1, 0.15) is 5.82 Å². The van der Waals surface area contributed by atoms with E-state index in [4.69, 9.17) is 5.11 Å². The Morgan fingerprint density at radius 3 is 2.43 bits per heavy atom. The van der Waals surface area contributed by atoms with E-state index < -0.39 is 33.1 Å². The molecule has 0 saturated carbocycles. The van der Waals surface area contributed by atoms with Gasteiger partial charge in [-0.25, -0.2) is 13.3 Å². The third-order valence-corrected chi connectivity index (χ3v) is 5.14. The number of hydrogen-bond donors (Lipinski definition) is 2. The lowest BCUT2D eigenvalue weighted by Gasteiger charge is -2.33. The van der Waals surface area contributed by atoms with Crippen molar-refractivity contribution in [2.45, 2.75) is 44.4 Å². The maximum Gasteiger partial charge on any atom is 0.305 e. The second-order valence-electron chi connectivity index (χ2n) is 6.01. The summed E-state index contributed by atoms with van der Waals surface area (Å²) in [4.78, 5) is 11.1. The Morgan fingerprint density at radius 2 is 1.95 bits per heavy atom. The Morgan fingerprint density at radius 1 is 1.38 bits per heavy atom. The Labute approximate surface area is 134 Å². The molecule has 0 aliphatic carbocycles. The second kappa shape index (κ2) is 6.54. The van der Waals surface area contributed by atoms with Gasteiger partial charge in [0.15, 0.2) is 0 Å². The molecule has 0 saturated heterocycles. The van der Waals surface area contributed by atoms with E-state index >= 15 is 0 Å². The number of halogens is 2. The fourth-order valence-corrected chi connectivity index (χ4v) is 3.03. The fraction of sp³-hybridized carbons (Fsp3) is 0.500. The summed E-state index contributed by atoms with van der Waals surface area (Å²) in [5, 5.41) is 9.11. The highest BCUT2D eigenvalue weighted by atomic mass is 79.9. The summed E-state index contributed by atoms with van der Waals surface area (Å²) >= 11 is 3.24. The Kier molecular flexibility index (Phi) is 5.69. The first-order valence-electron chi connectivity index (χ1n) is 6.33. The van der Waals surface area contributed by atoms with Crippen LogP contribution in [0.15, 0.2) is 22.7 Å². The van der Waals surface area contributed by atoms with Gasteiger partial charge in [-0.3, -0.25) is 4.79 Å². The monoisotopic (exact) mass is 379 g/mol. The first-order chi connectivity index (χ1) is 9.45. The predicted molar refractivity (Wildman–Crippen MR) is 84.7 cm³/mol. The summed E-state index contributed by atoms with van der Waals surface area (Å²) in [5.41, 5.74) is -1.12. The van der Waals surface area contributed by atoms with Crippen LogP contribution in [-0.4, -0.2) is 20.0 Å². The number of rotatable bonds is 5. The molecule has 0 spiro atoms. The van der Waals surface area contributed by atoms with Gasteiger partial charge in [0, 0.05) is 10.0 Å². The maximum absolute atomic E-state index is 14.1. The van der Waals surface area contributed by atoms with Gasteiger partial charge in [-0.1, -0.05) is 15.9 Å². The molecule has 2 atom stereocenters. The van der Waals surface area contributed by atoms with E-state index in [-0.39, 0.29) is 12.0 Å². The highest BCUT2D eigenvalue weighted by Crippen LogP contribution is 2.31. The molecule has 4 nitrogen and oxygen atoms in total. The van der Waals surface area contributed by atoms with E-state index in [1.54, 1.807) is 20.8 Å². The molecular weight excluding hydrogens is 361 g/mol. The van der Waals surface area contributed by atoms with E-state index in [1.807, 2.05) is 0 Å². The fourth-order valence-electron chi connectivity index (χ4n) is 1.77. The predicted octanol–water partition coefficient (Wildman–Crippen LogP) is 3.33. The molecule has 1 aromatic rings. The number of carboxylic acids is 1. The zero-order valence-electron chi connectivity index (χ0n) is 12.4. The van der Waals surface area contributed by atoms with Crippen molar-refractivity contribution in [2.75, 3.05) is 0 Å². The van der Waals surface area contributed by atoms with Crippen LogP contribution in [0.2, 0.25) is 0 Å². The van der Waals surface area contributed by atoms with Crippen LogP contribution in [0.3, 0.4) is 0 Å². The third kappa shape index (κ3) is 4.86. The summed E-state index contributed by atoms with van der Waals surface area (Å²) in [6.07, 6.45) is -0.387. The average Bonchev–Trinajstić information content (AvgIpc) is 2.29. The molecule has 0 aliphatic rings. The molecule has 1 aromatic carbocycles. The highest BCUT2D eigenvalue weighted by molar-refractivity contribution is 9.10. The van der Waals surface area contributed by atoms with Crippen LogP contribution < -0.4 is 4.72 Å². The molecule has 2 N–H and O–H groups in total. The molecule has 0 heterocycles. The first kappa shape index (κ1) is 18.3. The standard InChI is InChI=1S/C14H19BrFNO3S/c1-13(2,3)21(20)17-14(4,8-12(18)19)10-7-9(15)5-6-11(10)16/h5-7,17H,8H2,1-4H3,(H,18,19)/t14-,21+/m0/s1. The van der Waals surface area contributed by atoms with Crippen LogP contribution >= 0.6 is 15.9 Å². The van der Waals surface area contributed by atoms with Crippen molar-refractivity contribution in [1.29, 1.82) is 0 Å². The molecule has 0 aliphatic heterocycles. The quantitative estimate of drug-likeness (QED) is 0.824. The normalized spacial score (nSPS) is 16.3. The van der Waals surface area contributed by atoms with Crippen LogP contribution in [0.25, 0.3) is 0 Å². The number of hydrogen-bond acceptors (Lipinski definition) is 2. The Balaban J connectivity index is 3.30. The molecule has 1 rings (SSSR count). The Bertz CT molecular complexity index is 574. The summed E-state index contributed by atoms with van der Waals surface area (Å²) in [5.74, 6) is -1.64. The van der Waals surface area contributed by atoms with Gasteiger partial charge in [0.05, 0.1) is 27.7 Å². The summed E-state index contributed by atoms with van der Waals surface area (Å²) < 4.78 is 29.2. The zero-order chi connectivity index (χ0) is 16.4. The summed E-state index contributed by atoms with van der Waals surface area (Å²) in [7, 11) is -1.53. The van der Waals surface area contributed by atoms with E-state index in [0.717, 1.165) is 0 Å². The van der Waals surface area contributed by atoms with E-state index in [9.17, 15) is 13.4 Å². The number of carboxylic acid groups (broad SMARTS) is 1. The lowest BCUT2D eigenvalue weighted by Crippen LogP contribution is -2.47. The molecule has 0 unspecified atom stereocenters. The highest BCUT2D eigenvalue weighted by Gasteiger charge is 2.36. The van der Waals surface area contributed by atoms with Gasteiger partial charge in [0.25, 0.3) is 0 Å². The number of nitrogens with one attached hydrogen (secondary N) is 1. The number of aliphatic carboxylic acids is 1. The minimum atomic E-state index is -1.53. The van der Waals surface area contributed by atoms with Gasteiger partial charge in [-0.2, -0.15) is 0 Å². The largest absolute Gasteiger partial charge is 0.481 e. The molecule has 0 aromatic heterocycles. The van der Waals surface area contributed by atoms with Crippen molar-refractivity contribution in [3.8, 4) is 0 Å². The number of benzene rings is 1. The van der Waals surface area contributed by atoms with Crippen LogP contribution in [0.1, 0.15) is 39.7 Å². The first-order valence-corrected chi connectivity index (χ1v) is 8.27. The molecule has 118 valence electrons. The second-order valence-corrected chi connectivity index (χ2v) is 8.89. The summed E-state index contributed by atoms with van der Waals surface area (Å²) in [6.45, 7) is 6.81. The van der Waals surface area contributed by atoms with Gasteiger partial charge in [0.2, 0.25) is 0 Å². The van der Waals surface area contributed by atoms with Gasteiger partial charge >= 0.3 is 5.97 Å². The van der Waals surface area contributed by atoms with E-state index in [0.29, 0.717) is 4.47 Å². The lowest BCUT2D eigenvalue weighted by molar-refractivity contribution is -0.138. The van der Waals surface area contributed by atoms with Crippen molar-refractivity contribution in [1.82, 2.24) is 4.72 Å². The Hall–Kier alpha value is -0.790. The van der Waals surface area contributed by atoms with Crippen molar-refractivity contribution in [3.63, 3.8) is 0 Å². The van der Waals surface area contributed by atoms with Gasteiger partial charge < -0.3 is 5.11 Å². The third-order valence-electron chi connectivity index (χ3n) is 2.90. The van der Waals surface area contributed by atoms with Crippen LogP contribution in [0, 0.1) is 5.82 Å². The molecule has 0 amide bonds. The zero-order valence-corrected chi connectivity index (χ0v) is 14.8. The molecule has 0 fully saturated rings. The van der Waals surface area contributed by atoms with Gasteiger partial charge in [-0.15, -0.1) is 0 Å². The van der Waals surface area contributed by atoms with Crippen LogP contribution in [0.5, 0.6) is 0 Å². The molecule has 7 heteroatoms. The summed E-state index contributed by atoms with van der Waals surface area (Å²) in [6, 6.07) is 4.28. The lowest BCUT2D eigenvalue weighted by atomic mass is 9.89. The van der Waals surface area contributed by atoms with Crippen LogP contribution in [0.4, 0.5) is 4.39 Å². The molecule has 21 heavy (non-hydrogen) atoms.